The topological polar surface area (TPSA) is 75.4 Å². The molecule has 0 bridgehead atoms. The molecule has 0 radical (unpaired) electrons. The molecule has 23 heavy (non-hydrogen) atoms. The number of rotatable bonds is 5. The first-order valence-electron chi connectivity index (χ1n) is 7.75. The number of nitrogens with zero attached hydrogens (tertiary/aromatic N) is 2. The fourth-order valence-electron chi connectivity index (χ4n) is 2.73. The highest BCUT2D eigenvalue weighted by molar-refractivity contribution is 5.95. The lowest BCUT2D eigenvalue weighted by atomic mass is 10.2. The van der Waals surface area contributed by atoms with Gasteiger partial charge in [-0.25, -0.2) is 0 Å². The maximum Gasteiger partial charge on any atom is 0.289 e. The molecular weight excluding hydrogens is 294 g/mol. The van der Waals surface area contributed by atoms with E-state index in [-0.39, 0.29) is 17.6 Å². The number of benzene rings is 1. The maximum atomic E-state index is 12.3. The summed E-state index contributed by atoms with van der Waals surface area (Å²) < 4.78 is 4.89. The molecule has 6 heteroatoms. The van der Waals surface area contributed by atoms with Crippen LogP contribution in [0.3, 0.4) is 0 Å². The zero-order valence-electron chi connectivity index (χ0n) is 13.0. The van der Waals surface area contributed by atoms with E-state index in [2.05, 4.69) is 16.5 Å². The molecule has 1 aliphatic rings. The Morgan fingerprint density at radius 3 is 2.96 bits per heavy atom. The van der Waals surface area contributed by atoms with Crippen LogP contribution in [-0.2, 0) is 11.2 Å². The summed E-state index contributed by atoms with van der Waals surface area (Å²) in [5, 5.41) is 6.41. The van der Waals surface area contributed by atoms with Crippen molar-refractivity contribution in [1.82, 2.24) is 10.5 Å². The van der Waals surface area contributed by atoms with Crippen LogP contribution in [0.2, 0.25) is 0 Å². The first-order chi connectivity index (χ1) is 11.1. The molecule has 2 amide bonds. The smallest absolute Gasteiger partial charge is 0.289 e. The van der Waals surface area contributed by atoms with Gasteiger partial charge in [0, 0.05) is 31.3 Å². The van der Waals surface area contributed by atoms with Crippen molar-refractivity contribution in [2.75, 3.05) is 18.0 Å². The second kappa shape index (κ2) is 6.64. The number of nitrogens with one attached hydrogen (secondary N) is 1. The molecule has 0 saturated heterocycles. The van der Waals surface area contributed by atoms with E-state index >= 15 is 0 Å². The highest BCUT2D eigenvalue weighted by Crippen LogP contribution is 2.27. The molecule has 1 aromatic carbocycles. The quantitative estimate of drug-likeness (QED) is 0.858. The van der Waals surface area contributed by atoms with Gasteiger partial charge in [0.05, 0.1) is 5.69 Å². The standard InChI is InChI=1S/C17H19N3O3/c1-12-11-15(23-19-12)17(22)18-9-4-7-16(21)20-10-8-13-5-2-3-6-14(13)20/h2-3,5-6,11H,4,7-10H2,1H3,(H,18,22). The van der Waals surface area contributed by atoms with Gasteiger partial charge in [0.1, 0.15) is 0 Å². The summed E-state index contributed by atoms with van der Waals surface area (Å²) in [4.78, 5) is 25.9. The Hall–Kier alpha value is -2.63. The van der Waals surface area contributed by atoms with Crippen molar-refractivity contribution >= 4 is 17.5 Å². The molecule has 0 fully saturated rings. The van der Waals surface area contributed by atoms with Gasteiger partial charge < -0.3 is 14.7 Å². The van der Waals surface area contributed by atoms with E-state index in [1.165, 1.54) is 5.56 Å². The molecular formula is C17H19N3O3. The first-order valence-corrected chi connectivity index (χ1v) is 7.75. The normalized spacial score (nSPS) is 13.0. The number of aromatic nitrogens is 1. The van der Waals surface area contributed by atoms with E-state index in [9.17, 15) is 9.59 Å². The monoisotopic (exact) mass is 313 g/mol. The van der Waals surface area contributed by atoms with E-state index in [0.717, 1.165) is 18.7 Å². The predicted octanol–water partition coefficient (Wildman–Crippen LogP) is 2.08. The summed E-state index contributed by atoms with van der Waals surface area (Å²) in [7, 11) is 0. The van der Waals surface area contributed by atoms with Gasteiger partial charge >= 0.3 is 0 Å². The zero-order valence-corrected chi connectivity index (χ0v) is 13.0. The average Bonchev–Trinajstić information content (AvgIpc) is 3.17. The van der Waals surface area contributed by atoms with Crippen molar-refractivity contribution in [3.63, 3.8) is 0 Å². The highest BCUT2D eigenvalue weighted by Gasteiger charge is 2.23. The van der Waals surface area contributed by atoms with Crippen molar-refractivity contribution < 1.29 is 14.1 Å². The van der Waals surface area contributed by atoms with Crippen LogP contribution in [0.25, 0.3) is 0 Å². The number of amides is 2. The second-order valence-corrected chi connectivity index (χ2v) is 5.62. The van der Waals surface area contributed by atoms with Crippen molar-refractivity contribution in [3.8, 4) is 0 Å². The van der Waals surface area contributed by atoms with Crippen LogP contribution in [0.5, 0.6) is 0 Å². The molecule has 2 heterocycles. The van der Waals surface area contributed by atoms with Crippen LogP contribution in [0, 0.1) is 6.92 Å². The molecule has 0 saturated carbocycles. The molecule has 0 atom stereocenters. The summed E-state index contributed by atoms with van der Waals surface area (Å²) in [5.74, 6) is -0.00780. The molecule has 6 nitrogen and oxygen atoms in total. The van der Waals surface area contributed by atoms with Crippen LogP contribution in [-0.4, -0.2) is 30.1 Å². The summed E-state index contributed by atoms with van der Waals surface area (Å²) >= 11 is 0. The Morgan fingerprint density at radius 1 is 1.35 bits per heavy atom. The Labute approximate surface area is 134 Å². The number of hydrogen-bond donors (Lipinski definition) is 1. The molecule has 0 unspecified atom stereocenters. The predicted molar refractivity (Wildman–Crippen MR) is 85.3 cm³/mol. The minimum Gasteiger partial charge on any atom is -0.351 e. The third kappa shape index (κ3) is 3.41. The maximum absolute atomic E-state index is 12.3. The number of carbonyl (C=O) groups excluding carboxylic acids is 2. The van der Waals surface area contributed by atoms with Crippen LogP contribution in [0.4, 0.5) is 5.69 Å². The van der Waals surface area contributed by atoms with Gasteiger partial charge in [0.15, 0.2) is 0 Å². The molecule has 3 rings (SSSR count). The lowest BCUT2D eigenvalue weighted by Gasteiger charge is -2.17. The number of aryl methyl sites for hydroxylation is 1. The van der Waals surface area contributed by atoms with Gasteiger partial charge in [-0.3, -0.25) is 9.59 Å². The van der Waals surface area contributed by atoms with E-state index in [4.69, 9.17) is 4.52 Å². The summed E-state index contributed by atoms with van der Waals surface area (Å²) in [6.07, 6.45) is 1.91. The Bertz CT molecular complexity index is 723. The summed E-state index contributed by atoms with van der Waals surface area (Å²) in [6.45, 7) is 2.93. The van der Waals surface area contributed by atoms with Gasteiger partial charge in [0.25, 0.3) is 5.91 Å². The minimum absolute atomic E-state index is 0.0970. The van der Waals surface area contributed by atoms with Gasteiger partial charge in [-0.1, -0.05) is 23.4 Å². The van der Waals surface area contributed by atoms with Crippen LogP contribution in [0.15, 0.2) is 34.9 Å². The average molecular weight is 313 g/mol. The molecule has 120 valence electrons. The molecule has 0 aliphatic carbocycles. The van der Waals surface area contributed by atoms with Crippen LogP contribution < -0.4 is 10.2 Å². The van der Waals surface area contributed by atoms with E-state index in [1.807, 2.05) is 23.1 Å². The second-order valence-electron chi connectivity index (χ2n) is 5.62. The Balaban J connectivity index is 1.44. The lowest BCUT2D eigenvalue weighted by Crippen LogP contribution is -2.30. The minimum atomic E-state index is -0.301. The van der Waals surface area contributed by atoms with Crippen molar-refractivity contribution in [3.05, 3.63) is 47.3 Å². The number of para-hydroxylation sites is 1. The fraction of sp³-hybridized carbons (Fsp3) is 0.353. The van der Waals surface area contributed by atoms with E-state index in [1.54, 1.807) is 13.0 Å². The van der Waals surface area contributed by atoms with Gasteiger partial charge in [-0.15, -0.1) is 0 Å². The fourth-order valence-corrected chi connectivity index (χ4v) is 2.73. The molecule has 1 N–H and O–H groups in total. The van der Waals surface area contributed by atoms with Gasteiger partial charge in [-0.05, 0) is 31.4 Å². The first kappa shape index (κ1) is 15.3. The van der Waals surface area contributed by atoms with Gasteiger partial charge in [0.2, 0.25) is 11.7 Å². The third-order valence-electron chi connectivity index (χ3n) is 3.89. The molecule has 2 aromatic rings. The number of carbonyl (C=O) groups is 2. The number of hydrogen-bond acceptors (Lipinski definition) is 4. The molecule has 0 spiro atoms. The van der Waals surface area contributed by atoms with Crippen molar-refractivity contribution in [2.45, 2.75) is 26.2 Å². The number of fused-ring (bicyclic) bond motifs is 1. The van der Waals surface area contributed by atoms with Crippen LogP contribution >= 0.6 is 0 Å². The Morgan fingerprint density at radius 2 is 2.17 bits per heavy atom. The molecule has 1 aromatic heterocycles. The molecule has 1 aliphatic heterocycles. The van der Waals surface area contributed by atoms with Gasteiger partial charge in [-0.2, -0.15) is 0 Å². The zero-order chi connectivity index (χ0) is 16.2. The van der Waals surface area contributed by atoms with Crippen molar-refractivity contribution in [1.29, 1.82) is 0 Å². The third-order valence-corrected chi connectivity index (χ3v) is 3.89. The summed E-state index contributed by atoms with van der Waals surface area (Å²) in [6, 6.07) is 9.57. The van der Waals surface area contributed by atoms with E-state index in [0.29, 0.717) is 25.1 Å². The summed E-state index contributed by atoms with van der Waals surface area (Å²) in [5.41, 5.74) is 2.89. The van der Waals surface area contributed by atoms with Crippen molar-refractivity contribution in [2.24, 2.45) is 0 Å². The van der Waals surface area contributed by atoms with Crippen LogP contribution in [0.1, 0.15) is 34.7 Å². The number of anilines is 1. The highest BCUT2D eigenvalue weighted by atomic mass is 16.5. The lowest BCUT2D eigenvalue weighted by molar-refractivity contribution is -0.118. The Kier molecular flexibility index (Phi) is 4.41. The SMILES string of the molecule is Cc1cc(C(=O)NCCCC(=O)N2CCc3ccccc32)on1. The van der Waals surface area contributed by atoms with E-state index < -0.39 is 0 Å². The largest absolute Gasteiger partial charge is 0.351 e.